The predicted octanol–water partition coefficient (Wildman–Crippen LogP) is 5.10. The van der Waals surface area contributed by atoms with Crippen LogP contribution in [0.25, 0.3) is 11.3 Å². The van der Waals surface area contributed by atoms with Crippen LogP contribution in [-0.4, -0.2) is 29.8 Å². The summed E-state index contributed by atoms with van der Waals surface area (Å²) in [6.45, 7) is 6.32. The first-order valence-electron chi connectivity index (χ1n) is 10.4. The Balaban J connectivity index is 1.41. The summed E-state index contributed by atoms with van der Waals surface area (Å²) in [5.41, 5.74) is 3.67. The van der Waals surface area contributed by atoms with Crippen molar-refractivity contribution in [2.75, 3.05) is 6.61 Å². The number of hydrazone groups is 1. The first kappa shape index (κ1) is 23.3. The van der Waals surface area contributed by atoms with Gasteiger partial charge in [0.25, 0.3) is 11.6 Å². The van der Waals surface area contributed by atoms with E-state index in [1.165, 1.54) is 24.4 Å². The molecule has 1 amide bonds. The van der Waals surface area contributed by atoms with Crippen molar-refractivity contribution in [1.82, 2.24) is 5.43 Å². The van der Waals surface area contributed by atoms with Gasteiger partial charge in [0.2, 0.25) is 6.10 Å². The number of halogens is 1. The van der Waals surface area contributed by atoms with Gasteiger partial charge in [0.05, 0.1) is 16.2 Å². The van der Waals surface area contributed by atoms with Crippen molar-refractivity contribution < 1.29 is 23.6 Å². The van der Waals surface area contributed by atoms with E-state index in [9.17, 15) is 14.9 Å². The van der Waals surface area contributed by atoms with Crippen LogP contribution < -0.4 is 14.9 Å². The average Bonchev–Trinajstić information content (AvgIpc) is 3.26. The molecule has 1 unspecified atom stereocenters. The van der Waals surface area contributed by atoms with Crippen molar-refractivity contribution in [3.05, 3.63) is 75.0 Å². The van der Waals surface area contributed by atoms with E-state index in [0.717, 1.165) is 5.56 Å². The molecule has 0 fully saturated rings. The number of fused-ring (bicyclic) bond motifs is 1. The first-order valence-corrected chi connectivity index (χ1v) is 10.8. The number of nitrogens with one attached hydrogen (secondary N) is 1. The monoisotopic (exact) mass is 483 g/mol. The zero-order valence-electron chi connectivity index (χ0n) is 18.7. The van der Waals surface area contributed by atoms with Gasteiger partial charge < -0.3 is 13.9 Å². The highest BCUT2D eigenvalue weighted by Gasteiger charge is 2.28. The maximum atomic E-state index is 12.5. The van der Waals surface area contributed by atoms with E-state index in [1.807, 2.05) is 18.2 Å². The van der Waals surface area contributed by atoms with Gasteiger partial charge in [-0.25, -0.2) is 5.43 Å². The van der Waals surface area contributed by atoms with Crippen LogP contribution in [0, 0.1) is 10.1 Å². The van der Waals surface area contributed by atoms with Gasteiger partial charge in [0.1, 0.15) is 18.1 Å². The van der Waals surface area contributed by atoms with Gasteiger partial charge in [-0.2, -0.15) is 5.10 Å². The molecule has 1 aliphatic heterocycles. The third-order valence-corrected chi connectivity index (χ3v) is 5.51. The number of rotatable bonds is 5. The summed E-state index contributed by atoms with van der Waals surface area (Å²) < 4.78 is 17.1. The molecule has 10 heteroatoms. The van der Waals surface area contributed by atoms with Crippen molar-refractivity contribution in [2.45, 2.75) is 32.3 Å². The summed E-state index contributed by atoms with van der Waals surface area (Å²) in [4.78, 5) is 23.0. The van der Waals surface area contributed by atoms with E-state index in [2.05, 4.69) is 31.3 Å². The Bertz CT molecular complexity index is 1280. The predicted molar refractivity (Wildman–Crippen MR) is 127 cm³/mol. The van der Waals surface area contributed by atoms with Crippen LogP contribution >= 0.6 is 11.6 Å². The van der Waals surface area contributed by atoms with Crippen molar-refractivity contribution in [2.24, 2.45) is 5.10 Å². The van der Waals surface area contributed by atoms with E-state index in [1.54, 1.807) is 12.1 Å². The van der Waals surface area contributed by atoms with E-state index in [-0.39, 0.29) is 17.7 Å². The van der Waals surface area contributed by atoms with Crippen molar-refractivity contribution >= 4 is 29.4 Å². The number of carbonyl (C=O) groups excluding carboxylic acids is 1. The minimum atomic E-state index is -0.865. The van der Waals surface area contributed by atoms with Crippen LogP contribution in [0.3, 0.4) is 0 Å². The lowest BCUT2D eigenvalue weighted by Crippen LogP contribution is -2.42. The molecule has 0 bridgehead atoms. The minimum absolute atomic E-state index is 0.0550. The van der Waals surface area contributed by atoms with Crippen molar-refractivity contribution in [3.63, 3.8) is 0 Å². The number of amides is 1. The van der Waals surface area contributed by atoms with Crippen LogP contribution in [0.5, 0.6) is 11.5 Å². The highest BCUT2D eigenvalue weighted by molar-refractivity contribution is 6.33. The average molecular weight is 484 g/mol. The molecule has 2 heterocycles. The largest absolute Gasteiger partial charge is 0.485 e. The molecule has 0 saturated carbocycles. The quantitative estimate of drug-likeness (QED) is 0.306. The number of nitro groups is 1. The second-order valence-electron chi connectivity index (χ2n) is 8.69. The molecule has 0 saturated heterocycles. The Morgan fingerprint density at radius 3 is 2.71 bits per heavy atom. The summed E-state index contributed by atoms with van der Waals surface area (Å²) in [5, 5.41) is 15.2. The fraction of sp³-hybridized carbons (Fsp3) is 0.250. The molecule has 3 aromatic rings. The maximum absolute atomic E-state index is 12.5. The van der Waals surface area contributed by atoms with E-state index < -0.39 is 16.9 Å². The zero-order chi connectivity index (χ0) is 24.5. The fourth-order valence-electron chi connectivity index (χ4n) is 3.28. The Labute approximate surface area is 200 Å². The lowest BCUT2D eigenvalue weighted by molar-refractivity contribution is -0.384. The molecular weight excluding hydrogens is 462 g/mol. The number of carbonyl (C=O) groups is 1. The number of hydrogen-bond acceptors (Lipinski definition) is 7. The maximum Gasteiger partial charge on any atom is 0.284 e. The second-order valence-corrected chi connectivity index (χ2v) is 9.09. The van der Waals surface area contributed by atoms with Crippen molar-refractivity contribution in [1.29, 1.82) is 0 Å². The molecule has 1 N–H and O–H groups in total. The molecule has 0 spiro atoms. The Morgan fingerprint density at radius 2 is 1.97 bits per heavy atom. The molecule has 4 rings (SSSR count). The fourth-order valence-corrected chi connectivity index (χ4v) is 3.49. The van der Waals surface area contributed by atoms with Crippen LogP contribution in [-0.2, 0) is 10.2 Å². The summed E-state index contributed by atoms with van der Waals surface area (Å²) >= 11 is 6.15. The van der Waals surface area contributed by atoms with Gasteiger partial charge in [0, 0.05) is 17.7 Å². The molecule has 1 aliphatic rings. The number of furan rings is 1. The molecule has 1 atom stereocenters. The number of benzene rings is 2. The smallest absolute Gasteiger partial charge is 0.284 e. The van der Waals surface area contributed by atoms with Crippen molar-refractivity contribution in [3.8, 4) is 22.8 Å². The second kappa shape index (κ2) is 9.18. The number of nitro benzene ring substituents is 1. The topological polar surface area (TPSA) is 116 Å². The normalized spacial score (nSPS) is 15.4. The highest BCUT2D eigenvalue weighted by Crippen LogP contribution is 2.36. The number of hydrogen-bond donors (Lipinski definition) is 1. The number of nitrogens with zero attached hydrogens (tertiary/aromatic N) is 2. The van der Waals surface area contributed by atoms with Crippen LogP contribution in [0.1, 0.15) is 32.1 Å². The summed E-state index contributed by atoms with van der Waals surface area (Å²) in [6.07, 6.45) is 0.442. The summed E-state index contributed by atoms with van der Waals surface area (Å²) in [7, 11) is 0. The van der Waals surface area contributed by atoms with Gasteiger partial charge in [-0.05, 0) is 41.3 Å². The first-order chi connectivity index (χ1) is 16.1. The lowest BCUT2D eigenvalue weighted by Gasteiger charge is -2.27. The lowest BCUT2D eigenvalue weighted by atomic mass is 9.87. The molecule has 176 valence electrons. The van der Waals surface area contributed by atoms with Gasteiger partial charge in [-0.3, -0.25) is 14.9 Å². The highest BCUT2D eigenvalue weighted by atomic mass is 35.5. The third-order valence-electron chi connectivity index (χ3n) is 5.18. The Morgan fingerprint density at radius 1 is 1.18 bits per heavy atom. The number of non-ortho nitro benzene ring substituents is 1. The molecule has 9 nitrogen and oxygen atoms in total. The Kier molecular flexibility index (Phi) is 6.30. The van der Waals surface area contributed by atoms with Gasteiger partial charge in [-0.1, -0.05) is 38.4 Å². The van der Waals surface area contributed by atoms with Gasteiger partial charge >= 0.3 is 0 Å². The summed E-state index contributed by atoms with van der Waals surface area (Å²) in [5.74, 6) is 1.27. The molecule has 1 aromatic heterocycles. The van der Waals surface area contributed by atoms with Crippen LogP contribution in [0.15, 0.2) is 58.0 Å². The SMILES string of the molecule is CC(C)(C)c1ccc2c(c1)OC(C(=O)NN=Cc1ccc(-c3cc([N+](=O)[O-])ccc3Cl)o1)CO2. The molecule has 0 aliphatic carbocycles. The van der Waals surface area contributed by atoms with Gasteiger partial charge in [-0.15, -0.1) is 0 Å². The van der Waals surface area contributed by atoms with Crippen LogP contribution in [0.2, 0.25) is 5.02 Å². The standard InChI is InChI=1S/C24H22ClN3O6/c1-24(2,3)14-4-8-20-21(10-14)34-22(13-32-20)23(29)27-26-12-16-6-9-19(33-16)17-11-15(28(30)31)5-7-18(17)25/h4-12,22H,13H2,1-3H3,(H,27,29). The Hall–Kier alpha value is -3.85. The van der Waals surface area contributed by atoms with E-state index in [4.69, 9.17) is 25.5 Å². The van der Waals surface area contributed by atoms with E-state index >= 15 is 0 Å². The third kappa shape index (κ3) is 5.04. The van der Waals surface area contributed by atoms with E-state index in [0.29, 0.717) is 33.6 Å². The molecule has 2 aromatic carbocycles. The molecule has 0 radical (unpaired) electrons. The zero-order valence-corrected chi connectivity index (χ0v) is 19.5. The summed E-state index contributed by atoms with van der Waals surface area (Å²) in [6, 6.07) is 13.0. The minimum Gasteiger partial charge on any atom is -0.485 e. The molecular formula is C24H22ClN3O6. The number of ether oxygens (including phenoxy) is 2. The van der Waals surface area contributed by atoms with Gasteiger partial charge in [0.15, 0.2) is 11.5 Å². The molecule has 34 heavy (non-hydrogen) atoms. The van der Waals surface area contributed by atoms with Crippen LogP contribution in [0.4, 0.5) is 5.69 Å².